The van der Waals surface area contributed by atoms with E-state index in [2.05, 4.69) is 78.8 Å². The standard InChI is InChI=1S/C57H102O12S/c1-3-5-7-9-11-13-15-17-19-21-23-25-26-27-28-30-32-34-36-38-40-42-44-46-53(59)67-51(50-66-57-55(61)56(69-70(62,63)64)54(60)52(48-58)68-57)49-65-47-45-43-41-39-37-35-33-31-29-24-22-20-18-16-14-12-10-8-6-4-2/h12,14-15,17-18,20-21,23,26-27,51-52,54-58,60-61H,3-11,13,16,19,22,24-25,28-50H2,1-2H3,(H,62,63,64)/b14-12-,17-15-,20-18-,23-21-,27-26-. The lowest BCUT2D eigenvalue weighted by molar-refractivity contribution is -0.301. The molecule has 408 valence electrons. The zero-order valence-electron chi connectivity index (χ0n) is 44.1. The number of hydrogen-bond acceptors (Lipinski definition) is 11. The van der Waals surface area contributed by atoms with Crippen molar-refractivity contribution in [2.45, 2.75) is 269 Å². The van der Waals surface area contributed by atoms with E-state index in [9.17, 15) is 33.1 Å². The number of esters is 1. The molecule has 0 aromatic carbocycles. The summed E-state index contributed by atoms with van der Waals surface area (Å²) in [6.45, 7) is 3.96. The molecule has 0 saturated carbocycles. The summed E-state index contributed by atoms with van der Waals surface area (Å²) in [4.78, 5) is 12.9. The number of ether oxygens (including phenoxy) is 4. The Morgan fingerprint density at radius 3 is 1.40 bits per heavy atom. The molecule has 0 amide bonds. The normalized spacial score (nSPS) is 19.5. The predicted octanol–water partition coefficient (Wildman–Crippen LogP) is 13.6. The predicted molar refractivity (Wildman–Crippen MR) is 285 cm³/mol. The Kier molecular flexibility index (Phi) is 44.9. The molecule has 4 N–H and O–H groups in total. The van der Waals surface area contributed by atoms with Crippen molar-refractivity contribution in [1.82, 2.24) is 0 Å². The molecular formula is C57H102O12S. The van der Waals surface area contributed by atoms with Crippen LogP contribution < -0.4 is 0 Å². The van der Waals surface area contributed by atoms with E-state index in [1.807, 2.05) is 0 Å². The van der Waals surface area contributed by atoms with Crippen molar-refractivity contribution in [3.8, 4) is 0 Å². The third-order valence-corrected chi connectivity index (χ3v) is 13.1. The van der Waals surface area contributed by atoms with E-state index in [1.165, 1.54) is 141 Å². The Morgan fingerprint density at radius 2 is 0.943 bits per heavy atom. The average Bonchev–Trinajstić information content (AvgIpc) is 3.34. The molecule has 1 aliphatic heterocycles. The van der Waals surface area contributed by atoms with Crippen LogP contribution >= 0.6 is 0 Å². The van der Waals surface area contributed by atoms with Gasteiger partial charge >= 0.3 is 16.4 Å². The van der Waals surface area contributed by atoms with Crippen molar-refractivity contribution in [2.24, 2.45) is 0 Å². The van der Waals surface area contributed by atoms with Gasteiger partial charge in [-0.15, -0.1) is 0 Å². The Labute approximate surface area is 427 Å². The van der Waals surface area contributed by atoms with E-state index in [1.54, 1.807) is 0 Å². The Balaban J connectivity index is 2.33. The molecule has 0 aliphatic carbocycles. The maximum absolute atomic E-state index is 12.9. The Hall–Kier alpha value is -2.20. The first-order valence-electron chi connectivity index (χ1n) is 28.0. The van der Waals surface area contributed by atoms with Crippen LogP contribution in [0.15, 0.2) is 60.8 Å². The van der Waals surface area contributed by atoms with Gasteiger partial charge in [0, 0.05) is 13.0 Å². The molecule has 6 unspecified atom stereocenters. The van der Waals surface area contributed by atoms with Crippen LogP contribution in [0.3, 0.4) is 0 Å². The summed E-state index contributed by atoms with van der Waals surface area (Å²) in [5, 5.41) is 30.8. The van der Waals surface area contributed by atoms with Crippen molar-refractivity contribution in [3.63, 3.8) is 0 Å². The third-order valence-electron chi connectivity index (χ3n) is 12.6. The van der Waals surface area contributed by atoms with E-state index >= 15 is 0 Å². The van der Waals surface area contributed by atoms with Crippen LogP contribution in [0, 0.1) is 0 Å². The lowest BCUT2D eigenvalue weighted by atomic mass is 9.99. The first-order chi connectivity index (χ1) is 34.1. The van der Waals surface area contributed by atoms with Gasteiger partial charge in [0.1, 0.15) is 30.5 Å². The van der Waals surface area contributed by atoms with Crippen LogP contribution in [0.4, 0.5) is 0 Å². The van der Waals surface area contributed by atoms with E-state index < -0.39 is 59.8 Å². The number of carbonyl (C=O) groups excluding carboxylic acids is 1. The first kappa shape index (κ1) is 65.8. The zero-order valence-corrected chi connectivity index (χ0v) is 44.9. The number of rotatable bonds is 49. The Morgan fingerprint density at radius 1 is 0.543 bits per heavy atom. The number of aliphatic hydroxyl groups is 3. The summed E-state index contributed by atoms with van der Waals surface area (Å²) < 4.78 is 59.4. The van der Waals surface area contributed by atoms with Gasteiger partial charge in [0.15, 0.2) is 6.29 Å². The van der Waals surface area contributed by atoms with Crippen molar-refractivity contribution >= 4 is 16.4 Å². The van der Waals surface area contributed by atoms with Crippen LogP contribution in [0.1, 0.15) is 232 Å². The molecule has 70 heavy (non-hydrogen) atoms. The van der Waals surface area contributed by atoms with Gasteiger partial charge in [-0.2, -0.15) is 8.42 Å². The quantitative estimate of drug-likeness (QED) is 0.0196. The zero-order chi connectivity index (χ0) is 51.0. The molecule has 0 aromatic rings. The number of aliphatic hydroxyl groups excluding tert-OH is 3. The number of allylic oxidation sites excluding steroid dienone is 10. The molecular weight excluding hydrogens is 909 g/mol. The molecule has 6 atom stereocenters. The Bertz CT molecular complexity index is 1450. The molecule has 0 aromatic heterocycles. The van der Waals surface area contributed by atoms with Crippen molar-refractivity contribution in [2.75, 3.05) is 26.4 Å². The summed E-state index contributed by atoms with van der Waals surface area (Å²) in [5.74, 6) is -0.407. The largest absolute Gasteiger partial charge is 0.457 e. The van der Waals surface area contributed by atoms with Crippen LogP contribution in [-0.4, -0.2) is 97.5 Å². The van der Waals surface area contributed by atoms with E-state index in [0.29, 0.717) is 13.0 Å². The molecule has 0 spiro atoms. The lowest BCUT2D eigenvalue weighted by Crippen LogP contribution is -2.60. The SMILES string of the molecule is CCCCC/C=C\C/C=C\CCCCCCCCCCCCOCC(COC1OC(CO)C(O)C(OS(=O)(=O)O)C1O)OC(=O)CCCCCCCCCC/C=C\C/C=C\C/C=C\CCCCCCC. The minimum absolute atomic E-state index is 0.0293. The second kappa shape index (κ2) is 47.8. The molecule has 1 fully saturated rings. The highest BCUT2D eigenvalue weighted by molar-refractivity contribution is 7.80. The fourth-order valence-corrected chi connectivity index (χ4v) is 8.87. The van der Waals surface area contributed by atoms with Crippen LogP contribution in [0.5, 0.6) is 0 Å². The molecule has 1 rings (SSSR count). The second-order valence-electron chi connectivity index (χ2n) is 19.2. The molecule has 0 bridgehead atoms. The van der Waals surface area contributed by atoms with Gasteiger partial charge in [-0.3, -0.25) is 9.35 Å². The molecule has 0 radical (unpaired) electrons. The topological polar surface area (TPSA) is 178 Å². The molecule has 12 nitrogen and oxygen atoms in total. The van der Waals surface area contributed by atoms with Crippen molar-refractivity contribution in [3.05, 3.63) is 60.8 Å². The van der Waals surface area contributed by atoms with Crippen LogP contribution in [-0.2, 0) is 38.3 Å². The molecule has 1 saturated heterocycles. The summed E-state index contributed by atoms with van der Waals surface area (Å²) in [6.07, 6.45) is 52.4. The highest BCUT2D eigenvalue weighted by atomic mass is 32.3. The van der Waals surface area contributed by atoms with Crippen LogP contribution in [0.25, 0.3) is 0 Å². The maximum atomic E-state index is 12.9. The lowest BCUT2D eigenvalue weighted by Gasteiger charge is -2.41. The van der Waals surface area contributed by atoms with Crippen molar-refractivity contribution < 1.29 is 56.2 Å². The van der Waals surface area contributed by atoms with E-state index in [0.717, 1.165) is 64.2 Å². The molecule has 13 heteroatoms. The van der Waals surface area contributed by atoms with Gasteiger partial charge in [-0.25, -0.2) is 4.18 Å². The summed E-state index contributed by atoms with van der Waals surface area (Å²) in [6, 6.07) is 0. The van der Waals surface area contributed by atoms with E-state index in [4.69, 9.17) is 18.9 Å². The minimum Gasteiger partial charge on any atom is -0.457 e. The summed E-state index contributed by atoms with van der Waals surface area (Å²) >= 11 is 0. The molecule has 1 heterocycles. The fourth-order valence-electron chi connectivity index (χ4n) is 8.36. The molecule has 1 aliphatic rings. The highest BCUT2D eigenvalue weighted by Crippen LogP contribution is 2.26. The summed E-state index contributed by atoms with van der Waals surface area (Å²) in [5.41, 5.74) is 0. The monoisotopic (exact) mass is 1010 g/mol. The average molecular weight is 1010 g/mol. The highest BCUT2D eigenvalue weighted by Gasteiger charge is 2.48. The fraction of sp³-hybridized carbons (Fsp3) is 0.807. The third kappa shape index (κ3) is 40.3. The minimum atomic E-state index is -5.07. The number of unbranched alkanes of at least 4 members (excludes halogenated alkanes) is 26. The van der Waals surface area contributed by atoms with E-state index in [-0.39, 0.29) is 19.6 Å². The van der Waals surface area contributed by atoms with Gasteiger partial charge < -0.3 is 34.3 Å². The van der Waals surface area contributed by atoms with Gasteiger partial charge in [0.25, 0.3) is 0 Å². The second-order valence-corrected chi connectivity index (χ2v) is 20.2. The first-order valence-corrected chi connectivity index (χ1v) is 29.4. The van der Waals surface area contributed by atoms with Crippen LogP contribution in [0.2, 0.25) is 0 Å². The van der Waals surface area contributed by atoms with Crippen molar-refractivity contribution in [1.29, 1.82) is 0 Å². The summed E-state index contributed by atoms with van der Waals surface area (Å²) in [7, 11) is -5.07. The van der Waals surface area contributed by atoms with Gasteiger partial charge in [-0.1, -0.05) is 203 Å². The smallest absolute Gasteiger partial charge is 0.397 e. The van der Waals surface area contributed by atoms with Gasteiger partial charge in [0.2, 0.25) is 0 Å². The van der Waals surface area contributed by atoms with Gasteiger partial charge in [-0.05, 0) is 83.5 Å². The number of carbonyl (C=O) groups is 1. The van der Waals surface area contributed by atoms with Gasteiger partial charge in [0.05, 0.1) is 19.8 Å². The number of hydrogen-bond donors (Lipinski definition) is 4. The maximum Gasteiger partial charge on any atom is 0.397 e.